The first kappa shape index (κ1) is 20.0. The maximum absolute atomic E-state index is 12.2. The molecule has 0 bridgehead atoms. The van der Waals surface area contributed by atoms with Gasteiger partial charge in [0.15, 0.2) is 5.82 Å². The maximum atomic E-state index is 12.2. The van der Waals surface area contributed by atoms with Crippen molar-refractivity contribution in [2.75, 3.05) is 48.3 Å². The highest BCUT2D eigenvalue weighted by atomic mass is 16.1. The number of aromatic amines is 1. The second-order valence-corrected chi connectivity index (χ2v) is 7.95. The third-order valence-electron chi connectivity index (χ3n) is 5.83. The average Bonchev–Trinajstić information content (AvgIpc) is 3.29. The van der Waals surface area contributed by atoms with Crippen molar-refractivity contribution in [1.29, 1.82) is 0 Å². The van der Waals surface area contributed by atoms with Crippen molar-refractivity contribution in [1.82, 2.24) is 20.1 Å². The molecule has 0 spiro atoms. The summed E-state index contributed by atoms with van der Waals surface area (Å²) in [6, 6.07) is 17.8. The van der Waals surface area contributed by atoms with E-state index in [2.05, 4.69) is 49.5 Å². The Morgan fingerprint density at radius 1 is 1.06 bits per heavy atom. The number of likely N-dealkylation sites (N-methyl/N-ethyl adjacent to an activating group) is 1. The number of hydrogen-bond donors (Lipinski definition) is 2. The van der Waals surface area contributed by atoms with E-state index in [0.29, 0.717) is 11.5 Å². The molecule has 1 saturated heterocycles. The van der Waals surface area contributed by atoms with E-state index in [4.69, 9.17) is 0 Å². The summed E-state index contributed by atoms with van der Waals surface area (Å²) in [6.45, 7) is 3.99. The van der Waals surface area contributed by atoms with Gasteiger partial charge in [0.25, 0.3) is 0 Å². The van der Waals surface area contributed by atoms with Gasteiger partial charge in [0.1, 0.15) is 0 Å². The van der Waals surface area contributed by atoms with E-state index >= 15 is 0 Å². The van der Waals surface area contributed by atoms with Gasteiger partial charge in [-0.25, -0.2) is 4.98 Å². The molecule has 8 nitrogen and oxygen atoms in total. The van der Waals surface area contributed by atoms with Crippen molar-refractivity contribution in [3.05, 3.63) is 67.0 Å². The Morgan fingerprint density at radius 2 is 1.94 bits per heavy atom. The first-order valence-corrected chi connectivity index (χ1v) is 10.6. The van der Waals surface area contributed by atoms with Crippen LogP contribution in [0.1, 0.15) is 0 Å². The lowest BCUT2D eigenvalue weighted by Gasteiger charge is -2.34. The molecule has 3 heterocycles. The lowest BCUT2D eigenvalue weighted by atomic mass is 10.2. The minimum Gasteiger partial charge on any atom is -0.369 e. The Bertz CT molecular complexity index is 1230. The van der Waals surface area contributed by atoms with Crippen LogP contribution in [0.15, 0.2) is 67.0 Å². The van der Waals surface area contributed by atoms with Gasteiger partial charge in [-0.2, -0.15) is 5.10 Å². The molecule has 0 saturated carbocycles. The molecular formula is C24H25N7O. The molecule has 0 radical (unpaired) electrons. The summed E-state index contributed by atoms with van der Waals surface area (Å²) in [6.07, 6.45) is 4.33. The molecule has 32 heavy (non-hydrogen) atoms. The topological polar surface area (TPSA) is 80.4 Å². The summed E-state index contributed by atoms with van der Waals surface area (Å²) < 4.78 is 0. The van der Waals surface area contributed by atoms with Crippen LogP contribution in [0.2, 0.25) is 0 Å². The number of pyridine rings is 1. The molecule has 1 aliphatic rings. The summed E-state index contributed by atoms with van der Waals surface area (Å²) in [5.41, 5.74) is 4.39. The zero-order valence-electron chi connectivity index (χ0n) is 17.9. The van der Waals surface area contributed by atoms with Crippen LogP contribution in [0, 0.1) is 0 Å². The number of piperazine rings is 1. The first-order valence-electron chi connectivity index (χ1n) is 10.6. The van der Waals surface area contributed by atoms with Gasteiger partial charge in [-0.1, -0.05) is 6.07 Å². The number of nitrogens with one attached hydrogen (secondary N) is 2. The molecule has 0 atom stereocenters. The number of H-pyrrole nitrogens is 1. The molecule has 1 amide bonds. The molecule has 162 valence electrons. The molecule has 8 heteroatoms. The van der Waals surface area contributed by atoms with E-state index < -0.39 is 0 Å². The van der Waals surface area contributed by atoms with Crippen molar-refractivity contribution in [3.8, 4) is 0 Å². The normalized spacial score (nSPS) is 14.5. The second-order valence-electron chi connectivity index (χ2n) is 7.95. The van der Waals surface area contributed by atoms with Gasteiger partial charge >= 0.3 is 0 Å². The number of fused-ring (bicyclic) bond motifs is 1. The number of rotatable bonds is 6. The standard InChI is InChI=1S/C24H25N7O/c1-29-10-12-30(13-11-29)20-4-2-5-21(15-20)31(17-32)23-6-3-9-25-24(23)27-19-8-7-18-16-26-28-22(18)14-19/h2-9,14-17H,10-13H2,1H3,(H,25,27)(H,26,28). The molecule has 0 aliphatic carbocycles. The summed E-state index contributed by atoms with van der Waals surface area (Å²) >= 11 is 0. The third-order valence-corrected chi connectivity index (χ3v) is 5.83. The minimum atomic E-state index is 0.600. The molecule has 2 N–H and O–H groups in total. The predicted octanol–water partition coefficient (Wildman–Crippen LogP) is 3.75. The van der Waals surface area contributed by atoms with Gasteiger partial charge in [0.2, 0.25) is 6.41 Å². The van der Waals surface area contributed by atoms with Gasteiger partial charge in [-0.05, 0) is 55.6 Å². The van der Waals surface area contributed by atoms with Gasteiger partial charge in [-0.15, -0.1) is 0 Å². The number of nitrogens with zero attached hydrogens (tertiary/aromatic N) is 5. The zero-order valence-corrected chi connectivity index (χ0v) is 17.9. The smallest absolute Gasteiger partial charge is 0.218 e. The van der Waals surface area contributed by atoms with Crippen LogP contribution in [-0.2, 0) is 4.79 Å². The number of aromatic nitrogens is 3. The van der Waals surface area contributed by atoms with E-state index in [-0.39, 0.29) is 0 Å². The fourth-order valence-corrected chi connectivity index (χ4v) is 4.00. The van der Waals surface area contributed by atoms with Crippen molar-refractivity contribution >= 4 is 45.9 Å². The summed E-state index contributed by atoms with van der Waals surface area (Å²) in [5.74, 6) is 0.600. The Morgan fingerprint density at radius 3 is 2.78 bits per heavy atom. The van der Waals surface area contributed by atoms with Crippen molar-refractivity contribution in [2.24, 2.45) is 0 Å². The lowest BCUT2D eigenvalue weighted by Crippen LogP contribution is -2.44. The number of hydrogen-bond acceptors (Lipinski definition) is 6. The van der Waals surface area contributed by atoms with Crippen LogP contribution in [0.3, 0.4) is 0 Å². The maximum Gasteiger partial charge on any atom is 0.218 e. The largest absolute Gasteiger partial charge is 0.369 e. The third kappa shape index (κ3) is 4.00. The minimum absolute atomic E-state index is 0.600. The van der Waals surface area contributed by atoms with Crippen molar-refractivity contribution < 1.29 is 4.79 Å². The van der Waals surface area contributed by atoms with E-state index in [1.807, 2.05) is 42.5 Å². The van der Waals surface area contributed by atoms with Gasteiger partial charge in [0, 0.05) is 49.1 Å². The number of amides is 1. The fourth-order valence-electron chi connectivity index (χ4n) is 4.00. The lowest BCUT2D eigenvalue weighted by molar-refractivity contribution is -0.106. The van der Waals surface area contributed by atoms with Crippen molar-refractivity contribution in [3.63, 3.8) is 0 Å². The average molecular weight is 428 g/mol. The first-order chi connectivity index (χ1) is 15.7. The summed E-state index contributed by atoms with van der Waals surface area (Å²) in [4.78, 5) is 23.0. The SMILES string of the molecule is CN1CCN(c2cccc(N(C=O)c3cccnc3Nc3ccc4cn[nH]c4c3)c2)CC1. The number of carbonyl (C=O) groups is 1. The van der Waals surface area contributed by atoms with Crippen LogP contribution >= 0.6 is 0 Å². The van der Waals surface area contributed by atoms with Gasteiger partial charge < -0.3 is 15.1 Å². The number of benzene rings is 2. The Balaban J connectivity index is 1.44. The zero-order chi connectivity index (χ0) is 21.9. The molecule has 1 fully saturated rings. The van der Waals surface area contributed by atoms with E-state index in [1.165, 1.54) is 0 Å². The highest BCUT2D eigenvalue weighted by Crippen LogP contribution is 2.33. The number of anilines is 5. The van der Waals surface area contributed by atoms with Crippen LogP contribution in [0.5, 0.6) is 0 Å². The molecule has 1 aliphatic heterocycles. The van der Waals surface area contributed by atoms with E-state index in [1.54, 1.807) is 17.3 Å². The van der Waals surface area contributed by atoms with Crippen molar-refractivity contribution in [2.45, 2.75) is 0 Å². The Labute approximate surface area is 186 Å². The second kappa shape index (κ2) is 8.68. The molecular weight excluding hydrogens is 402 g/mol. The van der Waals surface area contributed by atoms with E-state index in [0.717, 1.165) is 60.6 Å². The quantitative estimate of drug-likeness (QED) is 0.456. The van der Waals surface area contributed by atoms with Crippen LogP contribution in [-0.4, -0.2) is 59.7 Å². The monoisotopic (exact) mass is 427 g/mol. The Hall–Kier alpha value is -3.91. The van der Waals surface area contributed by atoms with E-state index in [9.17, 15) is 4.79 Å². The molecule has 2 aromatic heterocycles. The van der Waals surface area contributed by atoms with Crippen LogP contribution < -0.4 is 15.1 Å². The van der Waals surface area contributed by atoms with Crippen LogP contribution in [0.4, 0.5) is 28.6 Å². The predicted molar refractivity (Wildman–Crippen MR) is 128 cm³/mol. The van der Waals surface area contributed by atoms with Gasteiger partial charge in [0.05, 0.1) is 23.1 Å². The molecule has 2 aromatic carbocycles. The molecule has 4 aromatic rings. The molecule has 0 unspecified atom stereocenters. The van der Waals surface area contributed by atoms with Gasteiger partial charge in [-0.3, -0.25) is 14.8 Å². The molecule has 5 rings (SSSR count). The highest BCUT2D eigenvalue weighted by Gasteiger charge is 2.18. The fraction of sp³-hybridized carbons (Fsp3) is 0.208. The number of carbonyl (C=O) groups excluding carboxylic acids is 1. The summed E-state index contributed by atoms with van der Waals surface area (Å²) in [7, 11) is 2.14. The van der Waals surface area contributed by atoms with Crippen LogP contribution in [0.25, 0.3) is 10.9 Å². The highest BCUT2D eigenvalue weighted by molar-refractivity contribution is 5.93. The summed E-state index contributed by atoms with van der Waals surface area (Å²) in [5, 5.41) is 11.4. The Kier molecular flexibility index (Phi) is 5.43.